The second kappa shape index (κ2) is 8.87. The summed E-state index contributed by atoms with van der Waals surface area (Å²) in [4.78, 5) is 20.1. The van der Waals surface area contributed by atoms with Crippen molar-refractivity contribution >= 4 is 27.6 Å². The van der Waals surface area contributed by atoms with Crippen molar-refractivity contribution < 1.29 is 22.3 Å². The van der Waals surface area contributed by atoms with Crippen LogP contribution in [0.1, 0.15) is 12.6 Å². The van der Waals surface area contributed by atoms with Gasteiger partial charge in [0.25, 0.3) is 15.9 Å². The Morgan fingerprint density at radius 2 is 1.73 bits per heavy atom. The van der Waals surface area contributed by atoms with E-state index in [1.807, 2.05) is 0 Å². The molecule has 30 heavy (non-hydrogen) atoms. The van der Waals surface area contributed by atoms with Gasteiger partial charge in [-0.1, -0.05) is 0 Å². The third-order valence-electron chi connectivity index (χ3n) is 3.95. The van der Waals surface area contributed by atoms with E-state index in [0.29, 0.717) is 17.1 Å². The number of anilines is 2. The molecule has 1 heterocycles. The molecular formula is C20H19FN4O4S. The van der Waals surface area contributed by atoms with Gasteiger partial charge in [0.15, 0.2) is 6.10 Å². The summed E-state index contributed by atoms with van der Waals surface area (Å²) in [5.41, 5.74) is 1.01. The van der Waals surface area contributed by atoms with Gasteiger partial charge >= 0.3 is 0 Å². The van der Waals surface area contributed by atoms with Gasteiger partial charge in [-0.05, 0) is 68.4 Å². The topological polar surface area (TPSA) is 110 Å². The highest BCUT2D eigenvalue weighted by Gasteiger charge is 2.18. The lowest BCUT2D eigenvalue weighted by atomic mass is 10.3. The number of rotatable bonds is 7. The highest BCUT2D eigenvalue weighted by Crippen LogP contribution is 2.18. The zero-order valence-electron chi connectivity index (χ0n) is 16.2. The number of nitrogens with one attached hydrogen (secondary N) is 2. The molecule has 3 rings (SSSR count). The minimum absolute atomic E-state index is 0.0128. The van der Waals surface area contributed by atoms with Crippen molar-refractivity contribution in [2.75, 3.05) is 10.0 Å². The second-order valence-corrected chi connectivity index (χ2v) is 8.04. The maximum absolute atomic E-state index is 12.9. The normalized spacial score (nSPS) is 12.1. The molecule has 0 aliphatic carbocycles. The van der Waals surface area contributed by atoms with Crippen molar-refractivity contribution in [3.8, 4) is 5.75 Å². The molecule has 0 aliphatic heterocycles. The Balaban J connectivity index is 1.63. The molecule has 10 heteroatoms. The van der Waals surface area contributed by atoms with E-state index >= 15 is 0 Å². The quantitative estimate of drug-likeness (QED) is 0.596. The fourth-order valence-corrected chi connectivity index (χ4v) is 3.36. The fourth-order valence-electron chi connectivity index (χ4n) is 2.41. The van der Waals surface area contributed by atoms with Crippen molar-refractivity contribution in [1.29, 1.82) is 0 Å². The van der Waals surface area contributed by atoms with Crippen LogP contribution in [0.5, 0.6) is 5.75 Å². The minimum Gasteiger partial charge on any atom is -0.481 e. The van der Waals surface area contributed by atoms with E-state index in [-0.39, 0.29) is 10.8 Å². The van der Waals surface area contributed by atoms with Crippen LogP contribution < -0.4 is 14.8 Å². The van der Waals surface area contributed by atoms with Crippen molar-refractivity contribution in [2.45, 2.75) is 24.8 Å². The van der Waals surface area contributed by atoms with Gasteiger partial charge in [-0.15, -0.1) is 0 Å². The maximum Gasteiger partial charge on any atom is 0.265 e. The smallest absolute Gasteiger partial charge is 0.265 e. The van der Waals surface area contributed by atoms with Gasteiger partial charge in [0.1, 0.15) is 11.6 Å². The van der Waals surface area contributed by atoms with Gasteiger partial charge < -0.3 is 10.1 Å². The van der Waals surface area contributed by atoms with Crippen molar-refractivity contribution in [3.05, 3.63) is 72.3 Å². The number of carbonyl (C=O) groups is 1. The Bertz CT molecular complexity index is 1140. The van der Waals surface area contributed by atoms with Crippen LogP contribution in [-0.2, 0) is 14.8 Å². The zero-order chi connectivity index (χ0) is 21.7. The molecule has 1 amide bonds. The molecule has 0 fully saturated rings. The largest absolute Gasteiger partial charge is 0.481 e. The van der Waals surface area contributed by atoms with Crippen LogP contribution in [-0.4, -0.2) is 30.4 Å². The Morgan fingerprint density at radius 3 is 2.37 bits per heavy atom. The highest BCUT2D eigenvalue weighted by atomic mass is 32.2. The molecule has 3 aromatic rings. The Labute approximate surface area is 173 Å². The lowest BCUT2D eigenvalue weighted by Gasteiger charge is -2.15. The molecule has 1 atom stereocenters. The SMILES string of the molecule is Cc1ccnc(NS(=O)(=O)c2ccc(NC(=O)[C@H](C)Oc3ccc(F)cc3)cc2)n1. The van der Waals surface area contributed by atoms with Crippen molar-refractivity contribution in [3.63, 3.8) is 0 Å². The molecule has 2 aromatic carbocycles. The molecule has 0 spiro atoms. The predicted molar refractivity (Wildman–Crippen MR) is 109 cm³/mol. The molecule has 0 saturated heterocycles. The van der Waals surface area contributed by atoms with Crippen LogP contribution in [0, 0.1) is 12.7 Å². The van der Waals surface area contributed by atoms with Gasteiger partial charge in [0.2, 0.25) is 5.95 Å². The summed E-state index contributed by atoms with van der Waals surface area (Å²) >= 11 is 0. The molecule has 0 bridgehead atoms. The summed E-state index contributed by atoms with van der Waals surface area (Å²) in [6, 6.07) is 12.5. The minimum atomic E-state index is -3.88. The first kappa shape index (κ1) is 21.2. The molecule has 2 N–H and O–H groups in total. The number of nitrogens with zero attached hydrogens (tertiary/aromatic N) is 2. The Morgan fingerprint density at radius 1 is 1.07 bits per heavy atom. The van der Waals surface area contributed by atoms with Gasteiger partial charge in [0.05, 0.1) is 4.90 Å². The van der Waals surface area contributed by atoms with E-state index in [4.69, 9.17) is 4.74 Å². The lowest BCUT2D eigenvalue weighted by Crippen LogP contribution is -2.30. The molecule has 0 radical (unpaired) electrons. The Hall–Kier alpha value is -3.53. The summed E-state index contributed by atoms with van der Waals surface area (Å²) in [7, 11) is -3.88. The fraction of sp³-hybridized carbons (Fsp3) is 0.150. The standard InChI is InChI=1S/C20H19FN4O4S/c1-13-11-12-22-20(23-13)25-30(27,28)18-9-5-16(6-10-18)24-19(26)14(2)29-17-7-3-15(21)4-8-17/h3-12,14H,1-2H3,(H,24,26)(H,22,23,25)/t14-/m0/s1. The summed E-state index contributed by atoms with van der Waals surface area (Å²) in [6.45, 7) is 3.26. The third kappa shape index (κ3) is 5.51. The predicted octanol–water partition coefficient (Wildman–Crippen LogP) is 3.13. The van der Waals surface area contributed by atoms with E-state index in [1.54, 1.807) is 19.9 Å². The van der Waals surface area contributed by atoms with Crippen LogP contribution in [0.25, 0.3) is 0 Å². The number of aryl methyl sites for hydroxylation is 1. The number of hydrogen-bond acceptors (Lipinski definition) is 6. The van der Waals surface area contributed by atoms with Crippen LogP contribution in [0.4, 0.5) is 16.0 Å². The summed E-state index contributed by atoms with van der Waals surface area (Å²) in [6.07, 6.45) is 0.604. The van der Waals surface area contributed by atoms with E-state index in [1.165, 1.54) is 54.7 Å². The number of ether oxygens (including phenoxy) is 1. The van der Waals surface area contributed by atoms with Gasteiger partial charge in [-0.25, -0.2) is 27.5 Å². The van der Waals surface area contributed by atoms with Gasteiger partial charge in [0, 0.05) is 17.6 Å². The highest BCUT2D eigenvalue weighted by molar-refractivity contribution is 7.92. The Kier molecular flexibility index (Phi) is 6.26. The average Bonchev–Trinajstić information content (AvgIpc) is 2.70. The number of hydrogen-bond donors (Lipinski definition) is 2. The number of halogens is 1. The average molecular weight is 430 g/mol. The van der Waals surface area contributed by atoms with E-state index in [0.717, 1.165) is 0 Å². The lowest BCUT2D eigenvalue weighted by molar-refractivity contribution is -0.122. The molecule has 1 aromatic heterocycles. The van der Waals surface area contributed by atoms with Gasteiger partial charge in [-0.2, -0.15) is 0 Å². The van der Waals surface area contributed by atoms with Crippen LogP contribution in [0.15, 0.2) is 65.7 Å². The number of amides is 1. The van der Waals surface area contributed by atoms with Crippen LogP contribution in [0.2, 0.25) is 0 Å². The third-order valence-corrected chi connectivity index (χ3v) is 5.29. The summed E-state index contributed by atoms with van der Waals surface area (Å²) in [5.74, 6) is -0.525. The molecule has 0 unspecified atom stereocenters. The first-order chi connectivity index (χ1) is 14.2. The summed E-state index contributed by atoms with van der Waals surface area (Å²) < 4.78 is 45.6. The first-order valence-electron chi connectivity index (χ1n) is 8.88. The van der Waals surface area contributed by atoms with E-state index in [2.05, 4.69) is 20.0 Å². The zero-order valence-corrected chi connectivity index (χ0v) is 17.0. The van der Waals surface area contributed by atoms with E-state index < -0.39 is 27.9 Å². The number of sulfonamides is 1. The van der Waals surface area contributed by atoms with Crippen LogP contribution in [0.3, 0.4) is 0 Å². The van der Waals surface area contributed by atoms with Crippen LogP contribution >= 0.6 is 0 Å². The number of benzene rings is 2. The monoisotopic (exact) mass is 430 g/mol. The molecule has 0 saturated carbocycles. The second-order valence-electron chi connectivity index (χ2n) is 6.35. The molecule has 156 valence electrons. The van der Waals surface area contributed by atoms with Crippen molar-refractivity contribution in [2.24, 2.45) is 0 Å². The number of carbonyl (C=O) groups excluding carboxylic acids is 1. The first-order valence-corrected chi connectivity index (χ1v) is 10.4. The summed E-state index contributed by atoms with van der Waals surface area (Å²) in [5, 5.41) is 2.63. The maximum atomic E-state index is 12.9. The van der Waals surface area contributed by atoms with Gasteiger partial charge in [-0.3, -0.25) is 4.79 Å². The number of aromatic nitrogens is 2. The molecule has 0 aliphatic rings. The molecule has 8 nitrogen and oxygen atoms in total. The van der Waals surface area contributed by atoms with E-state index in [9.17, 15) is 17.6 Å². The molecular weight excluding hydrogens is 411 g/mol. The van der Waals surface area contributed by atoms with Crippen molar-refractivity contribution in [1.82, 2.24) is 9.97 Å².